The third-order valence-electron chi connectivity index (χ3n) is 5.74. The standard InChI is InChI=1S/C28H23F3N6O3/c1-17(32)25(38)33-16-18-7-5-9-20(13-18)37-23(15-24(36-37)28(29,30)31)27-35-34-26(40-27)19-8-6-12-22(14-19)39-21-10-3-2-4-11-21/h2-15,17H,16,32H2,1H3,(H,33,38)/t17-/m0/s1. The van der Waals surface area contributed by atoms with Gasteiger partial charge in [-0.2, -0.15) is 18.3 Å². The summed E-state index contributed by atoms with van der Waals surface area (Å²) in [6, 6.07) is 22.7. The van der Waals surface area contributed by atoms with Crippen LogP contribution in [0.2, 0.25) is 0 Å². The first kappa shape index (κ1) is 26.6. The Bertz CT molecular complexity index is 1630. The van der Waals surface area contributed by atoms with E-state index in [4.69, 9.17) is 14.9 Å². The third-order valence-corrected chi connectivity index (χ3v) is 5.74. The smallest absolute Gasteiger partial charge is 0.435 e. The molecule has 0 aliphatic rings. The molecule has 3 aromatic carbocycles. The highest BCUT2D eigenvalue weighted by Crippen LogP contribution is 2.34. The molecule has 0 aliphatic heterocycles. The van der Waals surface area contributed by atoms with Gasteiger partial charge in [0.05, 0.1) is 11.7 Å². The molecule has 9 nitrogen and oxygen atoms in total. The van der Waals surface area contributed by atoms with Gasteiger partial charge in [0.1, 0.15) is 17.2 Å². The Labute approximate surface area is 226 Å². The van der Waals surface area contributed by atoms with Crippen molar-refractivity contribution in [2.24, 2.45) is 5.73 Å². The summed E-state index contributed by atoms with van der Waals surface area (Å²) in [5, 5.41) is 14.5. The van der Waals surface area contributed by atoms with Gasteiger partial charge >= 0.3 is 6.18 Å². The number of nitrogens with two attached hydrogens (primary N) is 1. The molecule has 0 aliphatic carbocycles. The number of para-hydroxylation sites is 1. The van der Waals surface area contributed by atoms with Crippen LogP contribution in [0.5, 0.6) is 11.5 Å². The van der Waals surface area contributed by atoms with E-state index in [0.717, 1.165) is 10.7 Å². The van der Waals surface area contributed by atoms with Crippen molar-refractivity contribution in [2.75, 3.05) is 0 Å². The topological polar surface area (TPSA) is 121 Å². The normalized spacial score (nSPS) is 12.2. The van der Waals surface area contributed by atoms with E-state index in [9.17, 15) is 18.0 Å². The molecule has 3 N–H and O–H groups in total. The maximum Gasteiger partial charge on any atom is 0.435 e. The van der Waals surface area contributed by atoms with E-state index in [0.29, 0.717) is 28.3 Å². The first-order valence-corrected chi connectivity index (χ1v) is 12.1. The lowest BCUT2D eigenvalue weighted by Gasteiger charge is -2.10. The summed E-state index contributed by atoms with van der Waals surface area (Å²) >= 11 is 0. The average Bonchev–Trinajstić information content (AvgIpc) is 3.61. The van der Waals surface area contributed by atoms with Crippen molar-refractivity contribution in [1.82, 2.24) is 25.3 Å². The van der Waals surface area contributed by atoms with Crippen LogP contribution in [-0.2, 0) is 17.5 Å². The SMILES string of the molecule is C[C@H](N)C(=O)NCc1cccc(-n2nc(C(F)(F)F)cc2-c2nnc(-c3cccc(Oc4ccccc4)c3)o2)c1. The van der Waals surface area contributed by atoms with Gasteiger partial charge in [0, 0.05) is 18.2 Å². The number of hydrogen-bond acceptors (Lipinski definition) is 7. The zero-order valence-electron chi connectivity index (χ0n) is 21.1. The Kier molecular flexibility index (Phi) is 7.34. The Morgan fingerprint density at radius 3 is 2.45 bits per heavy atom. The molecule has 0 saturated carbocycles. The van der Waals surface area contributed by atoms with E-state index < -0.39 is 17.9 Å². The molecule has 1 amide bonds. The summed E-state index contributed by atoms with van der Waals surface area (Å²) in [6.07, 6.45) is -4.71. The number of halogens is 3. The van der Waals surface area contributed by atoms with Crippen LogP contribution < -0.4 is 15.8 Å². The lowest BCUT2D eigenvalue weighted by Crippen LogP contribution is -2.37. The maximum absolute atomic E-state index is 13.7. The Hall–Kier alpha value is -4.97. The van der Waals surface area contributed by atoms with Crippen LogP contribution in [0.1, 0.15) is 18.2 Å². The van der Waals surface area contributed by atoms with Gasteiger partial charge in [-0.15, -0.1) is 10.2 Å². The zero-order chi connectivity index (χ0) is 28.3. The predicted octanol–water partition coefficient (Wildman–Crippen LogP) is 5.36. The minimum Gasteiger partial charge on any atom is -0.457 e. The highest BCUT2D eigenvalue weighted by molar-refractivity contribution is 5.80. The van der Waals surface area contributed by atoms with Gasteiger partial charge in [0.2, 0.25) is 11.8 Å². The molecule has 0 unspecified atom stereocenters. The molecule has 0 radical (unpaired) electrons. The minimum atomic E-state index is -4.71. The predicted molar refractivity (Wildman–Crippen MR) is 139 cm³/mol. The van der Waals surface area contributed by atoms with Crippen LogP contribution in [0, 0.1) is 0 Å². The van der Waals surface area contributed by atoms with E-state index in [2.05, 4.69) is 20.6 Å². The van der Waals surface area contributed by atoms with E-state index in [1.165, 1.54) is 0 Å². The summed E-state index contributed by atoms with van der Waals surface area (Å²) in [5.41, 5.74) is 5.83. The molecule has 40 heavy (non-hydrogen) atoms. The molecule has 5 rings (SSSR count). The van der Waals surface area contributed by atoms with Crippen molar-refractivity contribution in [3.8, 4) is 40.2 Å². The highest BCUT2D eigenvalue weighted by Gasteiger charge is 2.36. The lowest BCUT2D eigenvalue weighted by atomic mass is 10.2. The molecular weight excluding hydrogens is 525 g/mol. The van der Waals surface area contributed by atoms with Crippen LogP contribution in [0.25, 0.3) is 28.7 Å². The van der Waals surface area contributed by atoms with Gasteiger partial charge < -0.3 is 20.2 Å². The van der Waals surface area contributed by atoms with Gasteiger partial charge in [-0.3, -0.25) is 4.79 Å². The zero-order valence-corrected chi connectivity index (χ0v) is 21.1. The summed E-state index contributed by atoms with van der Waals surface area (Å²) in [6.45, 7) is 1.68. The molecule has 2 heterocycles. The fraction of sp³-hybridized carbons (Fsp3) is 0.143. The fourth-order valence-corrected chi connectivity index (χ4v) is 3.78. The van der Waals surface area contributed by atoms with Gasteiger partial charge in [0.25, 0.3) is 5.89 Å². The first-order valence-electron chi connectivity index (χ1n) is 12.1. The monoisotopic (exact) mass is 548 g/mol. The number of carbonyl (C=O) groups is 1. The summed E-state index contributed by atoms with van der Waals surface area (Å²) in [7, 11) is 0. The van der Waals surface area contributed by atoms with Crippen LogP contribution in [0.4, 0.5) is 13.2 Å². The molecule has 12 heteroatoms. The van der Waals surface area contributed by atoms with Crippen LogP contribution in [0.3, 0.4) is 0 Å². The van der Waals surface area contributed by atoms with Crippen molar-refractivity contribution in [1.29, 1.82) is 0 Å². The first-order chi connectivity index (χ1) is 19.2. The minimum absolute atomic E-state index is 0.0560. The number of carbonyl (C=O) groups excluding carboxylic acids is 1. The van der Waals surface area contributed by atoms with Gasteiger partial charge in [-0.05, 0) is 55.0 Å². The summed E-state index contributed by atoms with van der Waals surface area (Å²) < 4.78 is 53.7. The average molecular weight is 549 g/mol. The van der Waals surface area contributed by atoms with Crippen molar-refractivity contribution >= 4 is 5.91 Å². The third kappa shape index (κ3) is 6.02. The molecular formula is C28H23F3N6O3. The molecule has 0 bridgehead atoms. The molecule has 0 saturated heterocycles. The number of aromatic nitrogens is 4. The second-order valence-corrected chi connectivity index (χ2v) is 8.86. The number of nitrogens with one attached hydrogen (secondary N) is 1. The summed E-state index contributed by atoms with van der Waals surface area (Å²) in [4.78, 5) is 11.8. The quantitative estimate of drug-likeness (QED) is 0.268. The molecule has 0 fully saturated rings. The number of ether oxygens (including phenoxy) is 1. The van der Waals surface area contributed by atoms with Crippen molar-refractivity contribution in [2.45, 2.75) is 25.7 Å². The van der Waals surface area contributed by atoms with Crippen LogP contribution in [-0.4, -0.2) is 31.9 Å². The molecule has 204 valence electrons. The highest BCUT2D eigenvalue weighted by atomic mass is 19.4. The number of hydrogen-bond donors (Lipinski definition) is 2. The Balaban J connectivity index is 1.47. The van der Waals surface area contributed by atoms with Gasteiger partial charge in [-0.25, -0.2) is 4.68 Å². The number of alkyl halides is 3. The van der Waals surface area contributed by atoms with Crippen molar-refractivity contribution in [3.63, 3.8) is 0 Å². The van der Waals surface area contributed by atoms with Crippen LogP contribution in [0.15, 0.2) is 89.3 Å². The van der Waals surface area contributed by atoms with E-state index >= 15 is 0 Å². The van der Waals surface area contributed by atoms with E-state index in [-0.39, 0.29) is 29.9 Å². The van der Waals surface area contributed by atoms with E-state index in [1.54, 1.807) is 67.6 Å². The maximum atomic E-state index is 13.7. The second kappa shape index (κ2) is 11.0. The number of nitrogens with zero attached hydrogens (tertiary/aromatic N) is 4. The Morgan fingerprint density at radius 1 is 0.975 bits per heavy atom. The summed E-state index contributed by atoms with van der Waals surface area (Å²) in [5.74, 6) is 0.709. The van der Waals surface area contributed by atoms with Gasteiger partial charge in [-0.1, -0.05) is 36.4 Å². The molecule has 5 aromatic rings. The number of amides is 1. The fourth-order valence-electron chi connectivity index (χ4n) is 3.78. The molecule has 0 spiro atoms. The second-order valence-electron chi connectivity index (χ2n) is 8.86. The van der Waals surface area contributed by atoms with Crippen molar-refractivity contribution in [3.05, 3.63) is 96.2 Å². The molecule has 2 aromatic heterocycles. The van der Waals surface area contributed by atoms with E-state index in [1.807, 2.05) is 18.2 Å². The molecule has 1 atom stereocenters. The van der Waals surface area contributed by atoms with Gasteiger partial charge in [0.15, 0.2) is 5.69 Å². The van der Waals surface area contributed by atoms with Crippen molar-refractivity contribution < 1.29 is 27.1 Å². The Morgan fingerprint density at radius 2 is 1.70 bits per heavy atom. The number of benzene rings is 3. The lowest BCUT2D eigenvalue weighted by molar-refractivity contribution is -0.141. The largest absolute Gasteiger partial charge is 0.457 e. The van der Waals surface area contributed by atoms with Crippen LogP contribution >= 0.6 is 0 Å². The number of rotatable bonds is 8.